The predicted molar refractivity (Wildman–Crippen MR) is 148 cm³/mol. The number of carbonyl (C=O) groups is 3. The van der Waals surface area contributed by atoms with Crippen LogP contribution in [-0.4, -0.2) is 47.2 Å². The standard InChI is InChI=1S/C32H32N2O5/c35-30(36)17-18-34(20-22-9-2-1-3-10-22)31(37)23-11-8-12-24(19-23)33-32(38)39-21-29-27-15-6-4-13-25(27)26-14-5-7-16-28(26)29/h1-10,12-16,23-24,29H,11,17-21H2,(H,33,38)(H,35,36). The number of allylic oxidation sites excluding steroid dienone is 1. The number of carboxylic acids is 1. The van der Waals surface area contributed by atoms with Crippen LogP contribution in [0, 0.1) is 5.92 Å². The van der Waals surface area contributed by atoms with Crippen LogP contribution in [-0.2, 0) is 20.9 Å². The summed E-state index contributed by atoms with van der Waals surface area (Å²) < 4.78 is 5.68. The van der Waals surface area contributed by atoms with Gasteiger partial charge < -0.3 is 20.1 Å². The first-order chi connectivity index (χ1) is 19.0. The van der Waals surface area contributed by atoms with E-state index in [9.17, 15) is 19.5 Å². The quantitative estimate of drug-likeness (QED) is 0.367. The molecule has 0 radical (unpaired) electrons. The topological polar surface area (TPSA) is 95.9 Å². The smallest absolute Gasteiger partial charge is 0.407 e. The van der Waals surface area contributed by atoms with Gasteiger partial charge in [0.2, 0.25) is 5.91 Å². The Bertz CT molecular complexity index is 1320. The molecule has 200 valence electrons. The lowest BCUT2D eigenvalue weighted by atomic mass is 9.89. The van der Waals surface area contributed by atoms with E-state index in [1.165, 1.54) is 11.1 Å². The summed E-state index contributed by atoms with van der Waals surface area (Å²) in [6, 6.07) is 25.6. The molecule has 0 saturated heterocycles. The molecule has 3 aromatic carbocycles. The van der Waals surface area contributed by atoms with Crippen molar-refractivity contribution in [3.8, 4) is 11.1 Å². The molecule has 0 fully saturated rings. The summed E-state index contributed by atoms with van der Waals surface area (Å²) in [5, 5.41) is 12.1. The zero-order chi connectivity index (χ0) is 27.2. The molecular weight excluding hydrogens is 492 g/mol. The van der Waals surface area contributed by atoms with Gasteiger partial charge in [-0.1, -0.05) is 91.0 Å². The summed E-state index contributed by atoms with van der Waals surface area (Å²) in [7, 11) is 0. The molecule has 2 amide bonds. The van der Waals surface area contributed by atoms with Crippen LogP contribution in [0.3, 0.4) is 0 Å². The third-order valence-corrected chi connectivity index (χ3v) is 7.45. The molecule has 0 heterocycles. The maximum absolute atomic E-state index is 13.4. The van der Waals surface area contributed by atoms with Crippen molar-refractivity contribution in [2.75, 3.05) is 13.2 Å². The van der Waals surface area contributed by atoms with E-state index >= 15 is 0 Å². The molecule has 7 nitrogen and oxygen atoms in total. The second-order valence-electron chi connectivity index (χ2n) is 10.1. The van der Waals surface area contributed by atoms with Crippen molar-refractivity contribution in [2.24, 2.45) is 5.92 Å². The molecule has 2 unspecified atom stereocenters. The van der Waals surface area contributed by atoms with Crippen molar-refractivity contribution in [3.63, 3.8) is 0 Å². The highest BCUT2D eigenvalue weighted by Crippen LogP contribution is 2.44. The molecule has 2 atom stereocenters. The Morgan fingerprint density at radius 3 is 2.21 bits per heavy atom. The van der Waals surface area contributed by atoms with Gasteiger partial charge in [0.1, 0.15) is 6.61 Å². The highest BCUT2D eigenvalue weighted by molar-refractivity contribution is 5.81. The summed E-state index contributed by atoms with van der Waals surface area (Å²) in [6.45, 7) is 0.698. The zero-order valence-corrected chi connectivity index (χ0v) is 21.7. The van der Waals surface area contributed by atoms with Crippen LogP contribution in [0.4, 0.5) is 4.79 Å². The van der Waals surface area contributed by atoms with Gasteiger partial charge in [0.25, 0.3) is 0 Å². The average molecular weight is 525 g/mol. The number of hydrogen-bond acceptors (Lipinski definition) is 4. The van der Waals surface area contributed by atoms with Crippen LogP contribution in [0.15, 0.2) is 91.0 Å². The normalized spacial score (nSPS) is 17.6. The lowest BCUT2D eigenvalue weighted by Gasteiger charge is -2.30. The van der Waals surface area contributed by atoms with Gasteiger partial charge in [0, 0.05) is 24.9 Å². The van der Waals surface area contributed by atoms with Crippen LogP contribution < -0.4 is 5.32 Å². The van der Waals surface area contributed by atoms with Gasteiger partial charge in [-0.15, -0.1) is 0 Å². The van der Waals surface area contributed by atoms with Crippen LogP contribution >= 0.6 is 0 Å². The molecule has 0 saturated carbocycles. The third-order valence-electron chi connectivity index (χ3n) is 7.45. The van der Waals surface area contributed by atoms with Gasteiger partial charge in [-0.25, -0.2) is 4.79 Å². The summed E-state index contributed by atoms with van der Waals surface area (Å²) in [5.74, 6) is -1.44. The minimum absolute atomic E-state index is 0.0276. The van der Waals surface area contributed by atoms with Crippen LogP contribution in [0.25, 0.3) is 11.1 Å². The number of nitrogens with zero attached hydrogens (tertiary/aromatic N) is 1. The van der Waals surface area contributed by atoms with Crippen LogP contribution in [0.1, 0.15) is 41.9 Å². The van der Waals surface area contributed by atoms with Crippen LogP contribution in [0.5, 0.6) is 0 Å². The lowest BCUT2D eigenvalue weighted by molar-refractivity contribution is -0.140. The number of carbonyl (C=O) groups excluding carboxylic acids is 2. The van der Waals surface area contributed by atoms with E-state index in [-0.39, 0.29) is 43.4 Å². The van der Waals surface area contributed by atoms with Crippen molar-refractivity contribution in [2.45, 2.75) is 37.8 Å². The summed E-state index contributed by atoms with van der Waals surface area (Å²) in [4.78, 5) is 39.0. The van der Waals surface area contributed by atoms with Crippen molar-refractivity contribution >= 4 is 18.0 Å². The molecule has 2 aliphatic carbocycles. The molecule has 2 N–H and O–H groups in total. The fourth-order valence-electron chi connectivity index (χ4n) is 5.55. The highest BCUT2D eigenvalue weighted by Gasteiger charge is 2.31. The number of aliphatic carboxylic acids is 1. The Balaban J connectivity index is 1.19. The van der Waals surface area contributed by atoms with Gasteiger partial charge >= 0.3 is 12.1 Å². The Kier molecular flexibility index (Phi) is 8.06. The Labute approximate surface area is 228 Å². The molecule has 39 heavy (non-hydrogen) atoms. The molecule has 7 heteroatoms. The minimum Gasteiger partial charge on any atom is -0.481 e. The summed E-state index contributed by atoms with van der Waals surface area (Å²) >= 11 is 0. The van der Waals surface area contributed by atoms with Gasteiger partial charge in [-0.05, 0) is 40.7 Å². The molecule has 2 aliphatic rings. The Morgan fingerprint density at radius 1 is 0.897 bits per heavy atom. The van der Waals surface area contributed by atoms with Gasteiger partial charge in [0.15, 0.2) is 0 Å². The SMILES string of the molecule is O=C(O)CCN(Cc1ccccc1)C(=O)C1CC=CC(NC(=O)OCC2c3ccccc3-c3ccccc32)C1. The van der Waals surface area contributed by atoms with Gasteiger partial charge in [-0.2, -0.15) is 0 Å². The number of hydrogen-bond donors (Lipinski definition) is 2. The van der Waals surface area contributed by atoms with Crippen molar-refractivity contribution < 1.29 is 24.2 Å². The first-order valence-electron chi connectivity index (χ1n) is 13.3. The zero-order valence-electron chi connectivity index (χ0n) is 21.7. The van der Waals surface area contributed by atoms with E-state index < -0.39 is 12.1 Å². The van der Waals surface area contributed by atoms with E-state index in [4.69, 9.17) is 4.74 Å². The van der Waals surface area contributed by atoms with E-state index in [0.29, 0.717) is 19.4 Å². The molecule has 3 aromatic rings. The van der Waals surface area contributed by atoms with E-state index in [2.05, 4.69) is 29.6 Å². The van der Waals surface area contributed by atoms with Gasteiger partial charge in [0.05, 0.1) is 12.5 Å². The number of nitrogens with one attached hydrogen (secondary N) is 1. The predicted octanol–water partition coefficient (Wildman–Crippen LogP) is 5.36. The fourth-order valence-corrected chi connectivity index (χ4v) is 5.55. The van der Waals surface area contributed by atoms with Crippen molar-refractivity contribution in [1.29, 1.82) is 0 Å². The van der Waals surface area contributed by atoms with Crippen molar-refractivity contribution in [3.05, 3.63) is 108 Å². The average Bonchev–Trinajstić information content (AvgIpc) is 3.28. The maximum Gasteiger partial charge on any atom is 0.407 e. The minimum atomic E-state index is -0.945. The maximum atomic E-state index is 13.4. The monoisotopic (exact) mass is 524 g/mol. The first kappa shape index (κ1) is 26.2. The number of benzene rings is 3. The second kappa shape index (κ2) is 12.0. The molecular formula is C32H32N2O5. The molecule has 0 aromatic heterocycles. The van der Waals surface area contributed by atoms with E-state index in [1.54, 1.807) is 4.90 Å². The summed E-state index contributed by atoms with van der Waals surface area (Å²) in [6.07, 6.45) is 4.12. The van der Waals surface area contributed by atoms with Gasteiger partial charge in [-0.3, -0.25) is 9.59 Å². The van der Waals surface area contributed by atoms with Crippen molar-refractivity contribution in [1.82, 2.24) is 10.2 Å². The third kappa shape index (κ3) is 6.20. The van der Waals surface area contributed by atoms with E-state index in [0.717, 1.165) is 16.7 Å². The Morgan fingerprint density at radius 2 is 1.54 bits per heavy atom. The number of ether oxygens (including phenoxy) is 1. The number of amides is 2. The lowest BCUT2D eigenvalue weighted by Crippen LogP contribution is -2.43. The van der Waals surface area contributed by atoms with E-state index in [1.807, 2.05) is 66.7 Å². The molecule has 5 rings (SSSR count). The second-order valence-corrected chi connectivity index (χ2v) is 10.1. The Hall–Kier alpha value is -4.39. The summed E-state index contributed by atoms with van der Waals surface area (Å²) in [5.41, 5.74) is 5.57. The molecule has 0 bridgehead atoms. The number of carboxylic acid groups (broad SMARTS) is 1. The first-order valence-corrected chi connectivity index (χ1v) is 13.3. The molecule has 0 spiro atoms. The fraction of sp³-hybridized carbons (Fsp3) is 0.281. The number of rotatable bonds is 9. The number of alkyl carbamates (subject to hydrolysis) is 1. The highest BCUT2D eigenvalue weighted by atomic mass is 16.5. The largest absolute Gasteiger partial charge is 0.481 e. The number of fused-ring (bicyclic) bond motifs is 3. The van der Waals surface area contributed by atoms with Crippen LogP contribution in [0.2, 0.25) is 0 Å². The molecule has 0 aliphatic heterocycles.